The molecule has 3 N–H and O–H groups in total. The Morgan fingerprint density at radius 1 is 1.31 bits per heavy atom. The molecule has 0 spiro atoms. The fourth-order valence-electron chi connectivity index (χ4n) is 3.78. The van der Waals surface area contributed by atoms with Crippen molar-refractivity contribution >= 4 is 5.91 Å². The van der Waals surface area contributed by atoms with Crippen LogP contribution < -0.4 is 5.32 Å². The topological polar surface area (TPSA) is 69.6 Å². The van der Waals surface area contributed by atoms with E-state index < -0.39 is 0 Å². The molecule has 0 bridgehead atoms. The van der Waals surface area contributed by atoms with Crippen molar-refractivity contribution in [3.8, 4) is 11.5 Å². The molecular weight excluding hydrogens is 326 g/mol. The number of hydrogen-bond acceptors (Lipinski definition) is 3. The lowest BCUT2D eigenvalue weighted by Crippen LogP contribution is -2.31. The van der Waals surface area contributed by atoms with E-state index in [1.807, 2.05) is 13.8 Å². The van der Waals surface area contributed by atoms with Crippen LogP contribution >= 0.6 is 0 Å². The van der Waals surface area contributed by atoms with E-state index in [9.17, 15) is 15.0 Å². The Morgan fingerprint density at radius 3 is 2.65 bits per heavy atom. The van der Waals surface area contributed by atoms with E-state index in [4.69, 9.17) is 0 Å². The summed E-state index contributed by atoms with van der Waals surface area (Å²) < 4.78 is 0. The van der Waals surface area contributed by atoms with Crippen LogP contribution in [0.5, 0.6) is 11.5 Å². The van der Waals surface area contributed by atoms with Gasteiger partial charge >= 0.3 is 0 Å². The highest BCUT2D eigenvalue weighted by molar-refractivity contribution is 5.99. The summed E-state index contributed by atoms with van der Waals surface area (Å²) in [5.41, 5.74) is 2.82. The van der Waals surface area contributed by atoms with Crippen molar-refractivity contribution in [1.29, 1.82) is 0 Å². The number of phenols is 2. The maximum Gasteiger partial charge on any atom is 0.255 e. The average molecular weight is 360 g/mol. The second kappa shape index (κ2) is 9.11. The summed E-state index contributed by atoms with van der Waals surface area (Å²) in [7, 11) is 0. The van der Waals surface area contributed by atoms with Crippen LogP contribution in [0.25, 0.3) is 0 Å². The van der Waals surface area contributed by atoms with Gasteiger partial charge in [0.2, 0.25) is 0 Å². The Hall–Kier alpha value is -1.97. The molecule has 1 atom stereocenters. The van der Waals surface area contributed by atoms with Gasteiger partial charge in [0.15, 0.2) is 0 Å². The highest BCUT2D eigenvalue weighted by atomic mass is 16.3. The molecule has 4 nitrogen and oxygen atoms in total. The van der Waals surface area contributed by atoms with Gasteiger partial charge in [0.25, 0.3) is 5.91 Å². The van der Waals surface area contributed by atoms with Crippen LogP contribution in [0, 0.1) is 0 Å². The number of carbonyl (C=O) groups excluding carboxylic acids is 1. The summed E-state index contributed by atoms with van der Waals surface area (Å²) in [5.74, 6) is -0.252. The fraction of sp³-hybridized carbons (Fsp3) is 0.591. The highest BCUT2D eigenvalue weighted by Gasteiger charge is 2.27. The Labute approximate surface area is 157 Å². The standard InChI is InChI=1S/C22H33NO3/c1-5-6-7-10-17-13-18(24)19(16-11-8-9-15(4)12-16)21(25)20(17)22(26)23-14(2)3/h12-14,16,24-25H,5-11H2,1-4H3,(H,23,26). The number of unbranched alkanes of at least 4 members (excludes halogenated alkanes) is 2. The Morgan fingerprint density at radius 2 is 2.04 bits per heavy atom. The smallest absolute Gasteiger partial charge is 0.255 e. The maximum absolute atomic E-state index is 12.8. The number of carbonyl (C=O) groups is 1. The first-order valence-electron chi connectivity index (χ1n) is 9.91. The zero-order chi connectivity index (χ0) is 19.3. The van der Waals surface area contributed by atoms with E-state index in [1.54, 1.807) is 6.07 Å². The van der Waals surface area contributed by atoms with E-state index in [1.165, 1.54) is 5.57 Å². The highest BCUT2D eigenvalue weighted by Crippen LogP contribution is 2.44. The zero-order valence-electron chi connectivity index (χ0n) is 16.6. The van der Waals surface area contributed by atoms with E-state index in [-0.39, 0.29) is 29.4 Å². The molecule has 1 aliphatic carbocycles. The van der Waals surface area contributed by atoms with Crippen molar-refractivity contribution in [2.45, 2.75) is 84.6 Å². The van der Waals surface area contributed by atoms with Gasteiger partial charge in [0.05, 0.1) is 5.56 Å². The molecule has 0 saturated heterocycles. The Bertz CT molecular complexity index is 676. The molecule has 0 aromatic heterocycles. The zero-order valence-corrected chi connectivity index (χ0v) is 16.6. The molecule has 0 fully saturated rings. The van der Waals surface area contributed by atoms with Crippen molar-refractivity contribution in [2.24, 2.45) is 0 Å². The summed E-state index contributed by atoms with van der Waals surface area (Å²) in [6, 6.07) is 1.68. The van der Waals surface area contributed by atoms with Gasteiger partial charge in [-0.3, -0.25) is 4.79 Å². The lowest BCUT2D eigenvalue weighted by molar-refractivity contribution is 0.0939. The molecule has 0 heterocycles. The van der Waals surface area contributed by atoms with Crippen molar-refractivity contribution in [1.82, 2.24) is 5.32 Å². The van der Waals surface area contributed by atoms with E-state index in [2.05, 4.69) is 25.2 Å². The number of hydrogen-bond donors (Lipinski definition) is 3. The molecule has 0 radical (unpaired) electrons. The second-order valence-corrected chi connectivity index (χ2v) is 7.79. The van der Waals surface area contributed by atoms with E-state index in [0.29, 0.717) is 17.5 Å². The number of allylic oxidation sites excluding steroid dienone is 2. The molecule has 1 aliphatic rings. The Balaban J connectivity index is 2.50. The van der Waals surface area contributed by atoms with Crippen LogP contribution in [-0.2, 0) is 6.42 Å². The van der Waals surface area contributed by atoms with Gasteiger partial charge in [0.1, 0.15) is 11.5 Å². The number of amides is 1. The molecule has 1 unspecified atom stereocenters. The minimum atomic E-state index is -0.262. The lowest BCUT2D eigenvalue weighted by atomic mass is 9.83. The minimum Gasteiger partial charge on any atom is -0.507 e. The largest absolute Gasteiger partial charge is 0.507 e. The van der Waals surface area contributed by atoms with Crippen LogP contribution in [0.3, 0.4) is 0 Å². The predicted octanol–water partition coefficient (Wildman–Crippen LogP) is 5.18. The van der Waals surface area contributed by atoms with Crippen molar-refractivity contribution in [2.75, 3.05) is 0 Å². The molecule has 2 rings (SSSR count). The molecule has 1 aromatic carbocycles. The quantitative estimate of drug-likeness (QED) is 0.464. The summed E-state index contributed by atoms with van der Waals surface area (Å²) in [4.78, 5) is 12.8. The molecule has 26 heavy (non-hydrogen) atoms. The molecular formula is C22H33NO3. The van der Waals surface area contributed by atoms with E-state index in [0.717, 1.165) is 44.1 Å². The lowest BCUT2D eigenvalue weighted by Gasteiger charge is -2.24. The number of rotatable bonds is 7. The normalized spacial score (nSPS) is 17.3. The number of aromatic hydroxyl groups is 2. The monoisotopic (exact) mass is 359 g/mol. The first kappa shape index (κ1) is 20.3. The maximum atomic E-state index is 12.8. The van der Waals surface area contributed by atoms with E-state index >= 15 is 0 Å². The average Bonchev–Trinajstić information content (AvgIpc) is 2.54. The number of nitrogens with one attached hydrogen (secondary N) is 1. The third-order valence-corrected chi connectivity index (χ3v) is 5.04. The van der Waals surface area contributed by atoms with Crippen LogP contribution in [-0.4, -0.2) is 22.2 Å². The first-order valence-corrected chi connectivity index (χ1v) is 9.91. The molecule has 0 saturated carbocycles. The van der Waals surface area contributed by atoms with Gasteiger partial charge in [-0.2, -0.15) is 0 Å². The van der Waals surface area contributed by atoms with Gasteiger partial charge < -0.3 is 15.5 Å². The van der Waals surface area contributed by atoms with Gasteiger partial charge in [0, 0.05) is 17.5 Å². The second-order valence-electron chi connectivity index (χ2n) is 7.79. The Kier molecular flexibility index (Phi) is 7.13. The number of aryl methyl sites for hydroxylation is 1. The van der Waals surface area contributed by atoms with Gasteiger partial charge in [-0.05, 0) is 64.5 Å². The van der Waals surface area contributed by atoms with Crippen LogP contribution in [0.15, 0.2) is 17.7 Å². The van der Waals surface area contributed by atoms with Crippen molar-refractivity contribution in [3.05, 3.63) is 34.4 Å². The van der Waals surface area contributed by atoms with Gasteiger partial charge in [-0.25, -0.2) is 0 Å². The predicted molar refractivity (Wildman–Crippen MR) is 106 cm³/mol. The molecule has 1 aromatic rings. The summed E-state index contributed by atoms with van der Waals surface area (Å²) >= 11 is 0. The van der Waals surface area contributed by atoms with Crippen LogP contribution in [0.1, 0.15) is 93.6 Å². The van der Waals surface area contributed by atoms with Crippen LogP contribution in [0.2, 0.25) is 0 Å². The van der Waals surface area contributed by atoms with Crippen molar-refractivity contribution < 1.29 is 15.0 Å². The summed E-state index contributed by atoms with van der Waals surface area (Å²) in [6.07, 6.45) is 8.80. The summed E-state index contributed by atoms with van der Waals surface area (Å²) in [6.45, 7) is 8.01. The molecule has 0 aliphatic heterocycles. The van der Waals surface area contributed by atoms with Crippen molar-refractivity contribution in [3.63, 3.8) is 0 Å². The third kappa shape index (κ3) is 4.80. The molecule has 144 valence electrons. The summed E-state index contributed by atoms with van der Waals surface area (Å²) in [5, 5.41) is 24.5. The molecule has 4 heteroatoms. The number of benzene rings is 1. The molecule has 1 amide bonds. The van der Waals surface area contributed by atoms with Crippen LogP contribution in [0.4, 0.5) is 0 Å². The first-order chi connectivity index (χ1) is 12.3. The number of phenolic OH excluding ortho intramolecular Hbond substituents is 2. The van der Waals surface area contributed by atoms with Gasteiger partial charge in [-0.1, -0.05) is 31.4 Å². The minimum absolute atomic E-state index is 0.0144. The third-order valence-electron chi connectivity index (χ3n) is 5.04. The van der Waals surface area contributed by atoms with Gasteiger partial charge in [-0.15, -0.1) is 0 Å². The SMILES string of the molecule is CCCCCc1cc(O)c(C2C=C(C)CCC2)c(O)c1C(=O)NC(C)C. The fourth-order valence-corrected chi connectivity index (χ4v) is 3.78.